The van der Waals surface area contributed by atoms with Crippen molar-refractivity contribution in [3.05, 3.63) is 0 Å². The summed E-state index contributed by atoms with van der Waals surface area (Å²) < 4.78 is 11.4. The van der Waals surface area contributed by atoms with E-state index in [1.807, 2.05) is 0 Å². The van der Waals surface area contributed by atoms with Crippen molar-refractivity contribution in [2.24, 2.45) is 10.8 Å². The fraction of sp³-hybridized carbons (Fsp3) is 0.917. The summed E-state index contributed by atoms with van der Waals surface area (Å²) in [5.74, 6) is -0.306. The van der Waals surface area contributed by atoms with Crippen molar-refractivity contribution >= 4 is 11.9 Å². The predicted molar refractivity (Wildman–Crippen MR) is 116 cm³/mol. The first kappa shape index (κ1) is 26.9. The molecular weight excluding hydrogens is 352 g/mol. The predicted octanol–water partition coefficient (Wildman–Crippen LogP) is 6.84. The fourth-order valence-electron chi connectivity index (χ4n) is 3.09. The van der Waals surface area contributed by atoms with Crippen LogP contribution in [0.2, 0.25) is 0 Å². The third kappa shape index (κ3) is 12.4. The number of ether oxygens (including phenoxy) is 2. The summed E-state index contributed by atoms with van der Waals surface area (Å²) in [6, 6.07) is 0. The molecule has 0 saturated heterocycles. The summed E-state index contributed by atoms with van der Waals surface area (Å²) in [6.07, 6.45) is 8.10. The van der Waals surface area contributed by atoms with Gasteiger partial charge in [-0.3, -0.25) is 9.59 Å². The van der Waals surface area contributed by atoms with Crippen molar-refractivity contribution in [1.82, 2.24) is 0 Å². The highest BCUT2D eigenvalue weighted by molar-refractivity contribution is 5.71. The van der Waals surface area contributed by atoms with Gasteiger partial charge in [-0.2, -0.15) is 0 Å². The number of rotatable bonds is 13. The minimum absolute atomic E-state index is 0.0453. The van der Waals surface area contributed by atoms with Crippen molar-refractivity contribution < 1.29 is 19.1 Å². The van der Waals surface area contributed by atoms with Gasteiger partial charge in [0.1, 0.15) is 12.2 Å². The average Bonchev–Trinajstić information content (AvgIpc) is 2.57. The molecule has 0 aliphatic rings. The molecule has 0 aromatic carbocycles. The minimum Gasteiger partial charge on any atom is -0.462 e. The molecule has 0 heterocycles. The summed E-state index contributed by atoms with van der Waals surface area (Å²) in [5.41, 5.74) is -0.0931. The quantitative estimate of drug-likeness (QED) is 0.252. The van der Waals surface area contributed by atoms with Crippen molar-refractivity contribution in [1.29, 1.82) is 0 Å². The van der Waals surface area contributed by atoms with Crippen LogP contribution >= 0.6 is 0 Å². The lowest BCUT2D eigenvalue weighted by molar-refractivity contribution is -0.157. The van der Waals surface area contributed by atoms with Crippen molar-refractivity contribution in [3.8, 4) is 0 Å². The molecule has 0 N–H and O–H groups in total. The molecule has 0 rings (SSSR count). The third-order valence-electron chi connectivity index (χ3n) is 5.13. The number of carbonyl (C=O) groups excluding carboxylic acids is 2. The van der Waals surface area contributed by atoms with E-state index >= 15 is 0 Å². The Kier molecular flexibility index (Phi) is 12.7. The van der Waals surface area contributed by atoms with Gasteiger partial charge in [0.2, 0.25) is 0 Å². The molecule has 4 heteroatoms. The molecule has 0 aliphatic carbocycles. The maximum atomic E-state index is 12.2. The summed E-state index contributed by atoms with van der Waals surface area (Å²) in [6.45, 7) is 17.0. The number of esters is 2. The number of carbonyl (C=O) groups is 2. The number of unbranched alkanes of at least 4 members (excludes halogenated alkanes) is 3. The molecule has 0 fully saturated rings. The van der Waals surface area contributed by atoms with E-state index in [4.69, 9.17) is 9.47 Å². The van der Waals surface area contributed by atoms with Crippen LogP contribution in [0.25, 0.3) is 0 Å². The first-order chi connectivity index (χ1) is 12.9. The van der Waals surface area contributed by atoms with Crippen LogP contribution in [-0.2, 0) is 19.1 Å². The largest absolute Gasteiger partial charge is 0.462 e. The van der Waals surface area contributed by atoms with E-state index in [1.165, 1.54) is 0 Å². The molecular formula is C24H46O4. The van der Waals surface area contributed by atoms with Gasteiger partial charge in [0, 0.05) is 12.8 Å². The number of hydrogen-bond donors (Lipinski definition) is 0. The van der Waals surface area contributed by atoms with Crippen molar-refractivity contribution in [2.75, 3.05) is 0 Å². The minimum atomic E-state index is -0.153. The Labute approximate surface area is 174 Å². The van der Waals surface area contributed by atoms with Gasteiger partial charge in [-0.15, -0.1) is 0 Å². The highest BCUT2D eigenvalue weighted by Crippen LogP contribution is 2.28. The lowest BCUT2D eigenvalue weighted by Gasteiger charge is -2.30. The highest BCUT2D eigenvalue weighted by atomic mass is 16.5. The van der Waals surface area contributed by atoms with E-state index in [2.05, 4.69) is 55.4 Å². The molecule has 0 amide bonds. The lowest BCUT2D eigenvalue weighted by atomic mass is 9.86. The monoisotopic (exact) mass is 398 g/mol. The second kappa shape index (κ2) is 13.2. The zero-order valence-corrected chi connectivity index (χ0v) is 19.9. The van der Waals surface area contributed by atoms with Gasteiger partial charge >= 0.3 is 11.9 Å². The van der Waals surface area contributed by atoms with Gasteiger partial charge < -0.3 is 9.47 Å². The normalized spacial score (nSPS) is 14.4. The van der Waals surface area contributed by atoms with Gasteiger partial charge in [0.05, 0.1) is 0 Å². The van der Waals surface area contributed by atoms with Crippen LogP contribution in [0.5, 0.6) is 0 Å². The topological polar surface area (TPSA) is 52.6 Å². The Balaban J connectivity index is 4.27. The molecule has 0 aromatic rings. The maximum absolute atomic E-state index is 12.2. The van der Waals surface area contributed by atoms with Gasteiger partial charge in [-0.1, -0.05) is 81.1 Å². The average molecular weight is 399 g/mol. The van der Waals surface area contributed by atoms with Crippen LogP contribution in [-0.4, -0.2) is 24.1 Å². The molecule has 0 saturated carbocycles. The third-order valence-corrected chi connectivity index (χ3v) is 5.13. The van der Waals surface area contributed by atoms with E-state index in [1.54, 1.807) is 0 Å². The van der Waals surface area contributed by atoms with Crippen molar-refractivity contribution in [3.63, 3.8) is 0 Å². The zero-order valence-electron chi connectivity index (χ0n) is 19.9. The van der Waals surface area contributed by atoms with E-state index < -0.39 is 0 Å². The number of hydrogen-bond acceptors (Lipinski definition) is 4. The van der Waals surface area contributed by atoms with Gasteiger partial charge in [-0.25, -0.2) is 0 Å². The van der Waals surface area contributed by atoms with Crippen molar-refractivity contribution in [2.45, 2.75) is 132 Å². The first-order valence-corrected chi connectivity index (χ1v) is 11.3. The fourth-order valence-corrected chi connectivity index (χ4v) is 3.09. The Morgan fingerprint density at radius 2 is 0.964 bits per heavy atom. The standard InChI is InChI=1S/C24H46O4/c1-9-11-15-19(23(3,4)5)27-21(25)17-13-14-18-22(26)28-20(16-12-10-2)24(6,7)8/h19-20H,9-18H2,1-8H3. The summed E-state index contributed by atoms with van der Waals surface area (Å²) in [7, 11) is 0. The Morgan fingerprint density at radius 1 is 0.643 bits per heavy atom. The Bertz CT molecular complexity index is 401. The van der Waals surface area contributed by atoms with Crippen LogP contribution in [0.4, 0.5) is 0 Å². The van der Waals surface area contributed by atoms with Gasteiger partial charge in [-0.05, 0) is 36.5 Å². The molecule has 0 aliphatic heterocycles. The lowest BCUT2D eigenvalue weighted by Crippen LogP contribution is -2.32. The van der Waals surface area contributed by atoms with Crippen LogP contribution in [0, 0.1) is 10.8 Å². The van der Waals surface area contributed by atoms with E-state index in [-0.39, 0.29) is 35.0 Å². The van der Waals surface area contributed by atoms with E-state index in [9.17, 15) is 9.59 Å². The summed E-state index contributed by atoms with van der Waals surface area (Å²) in [4.78, 5) is 24.4. The SMILES string of the molecule is CCCCC(OC(=O)CCCCC(=O)OC(CCCC)C(C)(C)C)C(C)(C)C. The second-order valence-corrected chi connectivity index (χ2v) is 10.2. The van der Waals surface area contributed by atoms with Crippen LogP contribution < -0.4 is 0 Å². The van der Waals surface area contributed by atoms with E-state index in [0.717, 1.165) is 38.5 Å². The van der Waals surface area contributed by atoms with Crippen LogP contribution in [0.3, 0.4) is 0 Å². The summed E-state index contributed by atoms with van der Waals surface area (Å²) >= 11 is 0. The van der Waals surface area contributed by atoms with Crippen LogP contribution in [0.15, 0.2) is 0 Å². The Morgan fingerprint density at radius 3 is 1.21 bits per heavy atom. The summed E-state index contributed by atoms with van der Waals surface area (Å²) in [5, 5.41) is 0. The van der Waals surface area contributed by atoms with Gasteiger partial charge in [0.15, 0.2) is 0 Å². The smallest absolute Gasteiger partial charge is 0.306 e. The molecule has 0 radical (unpaired) electrons. The highest BCUT2D eigenvalue weighted by Gasteiger charge is 2.28. The molecule has 2 atom stereocenters. The second-order valence-electron chi connectivity index (χ2n) is 10.2. The van der Waals surface area contributed by atoms with Gasteiger partial charge in [0.25, 0.3) is 0 Å². The zero-order chi connectivity index (χ0) is 21.8. The molecule has 2 unspecified atom stereocenters. The molecule has 28 heavy (non-hydrogen) atoms. The molecule has 0 spiro atoms. The molecule has 166 valence electrons. The Hall–Kier alpha value is -1.06. The maximum Gasteiger partial charge on any atom is 0.306 e. The van der Waals surface area contributed by atoms with Crippen LogP contribution in [0.1, 0.15) is 120 Å². The first-order valence-electron chi connectivity index (χ1n) is 11.3. The molecule has 0 aromatic heterocycles. The molecule has 4 nitrogen and oxygen atoms in total. The molecule has 0 bridgehead atoms. The van der Waals surface area contributed by atoms with E-state index in [0.29, 0.717) is 25.7 Å².